The lowest BCUT2D eigenvalue weighted by atomic mass is 10.1. The summed E-state index contributed by atoms with van der Waals surface area (Å²) >= 11 is 0. The molecule has 2 N–H and O–H groups in total. The van der Waals surface area contributed by atoms with Gasteiger partial charge in [-0.25, -0.2) is 4.39 Å². The van der Waals surface area contributed by atoms with Crippen molar-refractivity contribution in [2.24, 2.45) is 0 Å². The van der Waals surface area contributed by atoms with Crippen molar-refractivity contribution in [1.82, 2.24) is 5.32 Å². The van der Waals surface area contributed by atoms with Gasteiger partial charge in [0.15, 0.2) is 0 Å². The smallest absolute Gasteiger partial charge is 0.303 e. The number of benzene rings is 1. The van der Waals surface area contributed by atoms with Crippen molar-refractivity contribution in [1.29, 1.82) is 0 Å². The Morgan fingerprint density at radius 1 is 1.47 bits per heavy atom. The Balaban J connectivity index is 2.25. The third kappa shape index (κ3) is 5.45. The normalized spacial score (nSPS) is 12.4. The molecule has 3 nitrogen and oxygen atoms in total. The highest BCUT2D eigenvalue weighted by molar-refractivity contribution is 5.66. The first-order valence-electron chi connectivity index (χ1n) is 5.80. The second-order valence-corrected chi connectivity index (χ2v) is 4.08. The largest absolute Gasteiger partial charge is 0.481 e. The number of rotatable bonds is 7. The van der Waals surface area contributed by atoms with Gasteiger partial charge in [-0.2, -0.15) is 0 Å². The van der Waals surface area contributed by atoms with E-state index in [0.29, 0.717) is 6.42 Å². The van der Waals surface area contributed by atoms with E-state index in [2.05, 4.69) is 5.32 Å². The molecule has 0 unspecified atom stereocenters. The van der Waals surface area contributed by atoms with E-state index in [1.165, 1.54) is 12.1 Å². The van der Waals surface area contributed by atoms with Crippen molar-refractivity contribution in [3.05, 3.63) is 35.6 Å². The molecule has 0 aliphatic rings. The summed E-state index contributed by atoms with van der Waals surface area (Å²) in [5.74, 6) is -0.995. The Morgan fingerprint density at radius 2 is 2.24 bits per heavy atom. The van der Waals surface area contributed by atoms with E-state index in [9.17, 15) is 9.18 Å². The Kier molecular flexibility index (Phi) is 5.63. The van der Waals surface area contributed by atoms with Crippen molar-refractivity contribution in [3.63, 3.8) is 0 Å². The molecule has 94 valence electrons. The molecule has 0 fully saturated rings. The van der Waals surface area contributed by atoms with Crippen molar-refractivity contribution in [2.45, 2.75) is 32.2 Å². The number of carboxylic acids is 1. The zero-order valence-corrected chi connectivity index (χ0v) is 9.95. The van der Waals surface area contributed by atoms with Gasteiger partial charge in [-0.1, -0.05) is 12.1 Å². The number of nitrogens with one attached hydrogen (secondary N) is 1. The number of hydrogen-bond acceptors (Lipinski definition) is 2. The van der Waals surface area contributed by atoms with Gasteiger partial charge < -0.3 is 10.4 Å². The molecular weight excluding hydrogens is 221 g/mol. The van der Waals surface area contributed by atoms with Crippen LogP contribution >= 0.6 is 0 Å². The van der Waals surface area contributed by atoms with Crippen LogP contribution in [0.2, 0.25) is 0 Å². The van der Waals surface area contributed by atoms with Gasteiger partial charge in [0, 0.05) is 12.5 Å². The third-order valence-electron chi connectivity index (χ3n) is 2.62. The van der Waals surface area contributed by atoms with E-state index in [-0.39, 0.29) is 18.3 Å². The summed E-state index contributed by atoms with van der Waals surface area (Å²) in [5.41, 5.74) is 0.906. The molecule has 0 amide bonds. The van der Waals surface area contributed by atoms with Crippen molar-refractivity contribution in [3.8, 4) is 0 Å². The molecule has 1 atom stereocenters. The summed E-state index contributed by atoms with van der Waals surface area (Å²) in [4.78, 5) is 10.3. The lowest BCUT2D eigenvalue weighted by Gasteiger charge is -2.13. The van der Waals surface area contributed by atoms with E-state index in [4.69, 9.17) is 5.11 Å². The maximum absolute atomic E-state index is 13.0. The fourth-order valence-corrected chi connectivity index (χ4v) is 1.61. The standard InChI is InChI=1S/C13H18FNO2/c1-10(11-5-4-6-12(14)9-11)15-8-3-2-7-13(16)17/h4-6,9-10,15H,2-3,7-8H2,1H3,(H,16,17)/t10-/m1/s1. The van der Waals surface area contributed by atoms with Gasteiger partial charge in [-0.3, -0.25) is 4.79 Å². The summed E-state index contributed by atoms with van der Waals surface area (Å²) in [6, 6.07) is 6.57. The number of unbranched alkanes of at least 4 members (excludes halogenated alkanes) is 1. The molecule has 0 saturated carbocycles. The second kappa shape index (κ2) is 7.01. The summed E-state index contributed by atoms with van der Waals surface area (Å²) in [7, 11) is 0. The minimum absolute atomic E-state index is 0.0792. The number of hydrogen-bond donors (Lipinski definition) is 2. The fourth-order valence-electron chi connectivity index (χ4n) is 1.61. The van der Waals surface area contributed by atoms with Crippen LogP contribution in [-0.2, 0) is 4.79 Å². The van der Waals surface area contributed by atoms with Gasteiger partial charge in [-0.15, -0.1) is 0 Å². The topological polar surface area (TPSA) is 49.3 Å². The maximum atomic E-state index is 13.0. The van der Waals surface area contributed by atoms with E-state index in [1.807, 2.05) is 13.0 Å². The predicted molar refractivity (Wildman–Crippen MR) is 64.3 cm³/mol. The SMILES string of the molecule is C[C@@H](NCCCCC(=O)O)c1cccc(F)c1. The number of aliphatic carboxylic acids is 1. The highest BCUT2D eigenvalue weighted by atomic mass is 19.1. The Morgan fingerprint density at radius 3 is 2.88 bits per heavy atom. The van der Waals surface area contributed by atoms with E-state index in [0.717, 1.165) is 18.5 Å². The van der Waals surface area contributed by atoms with Gasteiger partial charge >= 0.3 is 5.97 Å². The summed E-state index contributed by atoms with van der Waals surface area (Å²) < 4.78 is 13.0. The van der Waals surface area contributed by atoms with Crippen molar-refractivity contribution < 1.29 is 14.3 Å². The average Bonchev–Trinajstić information content (AvgIpc) is 2.28. The monoisotopic (exact) mass is 239 g/mol. The summed E-state index contributed by atoms with van der Waals surface area (Å²) in [6.45, 7) is 2.71. The molecule has 4 heteroatoms. The van der Waals surface area contributed by atoms with E-state index >= 15 is 0 Å². The van der Waals surface area contributed by atoms with Crippen molar-refractivity contribution >= 4 is 5.97 Å². The minimum atomic E-state index is -0.761. The predicted octanol–water partition coefficient (Wildman–Crippen LogP) is 2.73. The van der Waals surface area contributed by atoms with E-state index in [1.54, 1.807) is 6.07 Å². The van der Waals surface area contributed by atoms with Gasteiger partial charge in [-0.05, 0) is 44.0 Å². The number of halogens is 1. The maximum Gasteiger partial charge on any atom is 0.303 e. The molecule has 1 aromatic carbocycles. The van der Waals surface area contributed by atoms with Crippen LogP contribution in [-0.4, -0.2) is 17.6 Å². The molecule has 0 bridgehead atoms. The molecule has 0 heterocycles. The van der Waals surface area contributed by atoms with Gasteiger partial charge in [0.2, 0.25) is 0 Å². The molecule has 0 aliphatic carbocycles. The molecule has 0 saturated heterocycles. The van der Waals surface area contributed by atoms with Crippen LogP contribution in [0.5, 0.6) is 0 Å². The first-order chi connectivity index (χ1) is 8.09. The molecule has 0 aromatic heterocycles. The van der Waals surface area contributed by atoms with Crippen LogP contribution in [0, 0.1) is 5.82 Å². The van der Waals surface area contributed by atoms with Gasteiger partial charge in [0.05, 0.1) is 0 Å². The quantitative estimate of drug-likeness (QED) is 0.719. The lowest BCUT2D eigenvalue weighted by molar-refractivity contribution is -0.137. The van der Waals surface area contributed by atoms with Crippen molar-refractivity contribution in [2.75, 3.05) is 6.54 Å². The first-order valence-corrected chi connectivity index (χ1v) is 5.80. The van der Waals surface area contributed by atoms with E-state index < -0.39 is 5.97 Å². The average molecular weight is 239 g/mol. The van der Waals surface area contributed by atoms with Gasteiger partial charge in [0.25, 0.3) is 0 Å². The van der Waals surface area contributed by atoms with Crippen LogP contribution in [0.25, 0.3) is 0 Å². The molecule has 1 aromatic rings. The molecule has 17 heavy (non-hydrogen) atoms. The lowest BCUT2D eigenvalue weighted by Crippen LogP contribution is -2.20. The highest BCUT2D eigenvalue weighted by Gasteiger charge is 2.05. The summed E-state index contributed by atoms with van der Waals surface area (Å²) in [6.07, 6.45) is 1.68. The first kappa shape index (κ1) is 13.6. The molecule has 0 radical (unpaired) electrons. The molecule has 0 spiro atoms. The van der Waals surface area contributed by atoms with Crippen LogP contribution in [0.15, 0.2) is 24.3 Å². The van der Waals surface area contributed by atoms with Crippen LogP contribution in [0.3, 0.4) is 0 Å². The summed E-state index contributed by atoms with van der Waals surface area (Å²) in [5, 5.41) is 11.7. The Labute approximate surface area is 101 Å². The third-order valence-corrected chi connectivity index (χ3v) is 2.62. The Hall–Kier alpha value is -1.42. The fraction of sp³-hybridized carbons (Fsp3) is 0.462. The molecule has 1 rings (SSSR count). The zero-order chi connectivity index (χ0) is 12.7. The van der Waals surface area contributed by atoms with Gasteiger partial charge in [0.1, 0.15) is 5.82 Å². The Bertz CT molecular complexity index is 368. The molecule has 0 aliphatic heterocycles. The molecular formula is C13H18FNO2. The highest BCUT2D eigenvalue weighted by Crippen LogP contribution is 2.13. The zero-order valence-electron chi connectivity index (χ0n) is 9.95. The number of carbonyl (C=O) groups is 1. The van der Waals surface area contributed by atoms with Crippen LogP contribution in [0.1, 0.15) is 37.8 Å². The van der Waals surface area contributed by atoms with Crippen LogP contribution in [0.4, 0.5) is 4.39 Å². The minimum Gasteiger partial charge on any atom is -0.481 e. The second-order valence-electron chi connectivity index (χ2n) is 4.08. The number of carboxylic acid groups (broad SMARTS) is 1. The van der Waals surface area contributed by atoms with Crippen LogP contribution < -0.4 is 5.32 Å².